The lowest BCUT2D eigenvalue weighted by atomic mass is 9.99. The molecule has 0 radical (unpaired) electrons. The van der Waals surface area contributed by atoms with Crippen molar-refractivity contribution in [3.05, 3.63) is 70.9 Å². The van der Waals surface area contributed by atoms with Crippen molar-refractivity contribution in [2.75, 3.05) is 69.4 Å². The summed E-state index contributed by atoms with van der Waals surface area (Å²) in [5.41, 5.74) is 3.11. The van der Waals surface area contributed by atoms with Gasteiger partial charge >= 0.3 is 0 Å². The van der Waals surface area contributed by atoms with Crippen LogP contribution in [0.4, 0.5) is 11.6 Å². The number of para-hydroxylation sites is 1. The third kappa shape index (κ3) is 4.65. The van der Waals surface area contributed by atoms with E-state index in [1.54, 1.807) is 17.4 Å². The number of hydrogen-bond acceptors (Lipinski definition) is 8. The summed E-state index contributed by atoms with van der Waals surface area (Å²) in [5.74, 6) is 0.519. The monoisotopic (exact) mass is 555 g/mol. The summed E-state index contributed by atoms with van der Waals surface area (Å²) < 4.78 is 19.5. The summed E-state index contributed by atoms with van der Waals surface area (Å²) in [5, 5.41) is 5.81. The number of fused-ring (bicyclic) bond motifs is 4. The highest BCUT2D eigenvalue weighted by molar-refractivity contribution is 7.26. The molecule has 2 aliphatic heterocycles. The Morgan fingerprint density at radius 2 is 1.60 bits per heavy atom. The highest BCUT2D eigenvalue weighted by atomic mass is 32.1. The molecule has 0 spiro atoms. The summed E-state index contributed by atoms with van der Waals surface area (Å²) in [6, 6.07) is 19.5. The Balaban J connectivity index is 1.35. The van der Waals surface area contributed by atoms with E-state index < -0.39 is 0 Å². The van der Waals surface area contributed by atoms with E-state index in [-0.39, 0.29) is 11.3 Å². The number of benzene rings is 3. The molecule has 0 aliphatic carbocycles. The van der Waals surface area contributed by atoms with Crippen molar-refractivity contribution in [2.45, 2.75) is 0 Å². The average Bonchev–Trinajstić information content (AvgIpc) is 3.38. The second-order valence-electron chi connectivity index (χ2n) is 10.1. The topological polar surface area (TPSA) is 84.2 Å². The number of ether oxygens (including phenoxy) is 2. The second-order valence-corrected chi connectivity index (χ2v) is 11.2. The van der Waals surface area contributed by atoms with Crippen LogP contribution >= 0.6 is 11.3 Å². The number of thiophene rings is 1. The van der Waals surface area contributed by atoms with Gasteiger partial charge in [-0.1, -0.05) is 36.4 Å². The average molecular weight is 556 g/mol. The Bertz CT molecular complexity index is 1780. The molecule has 3 aromatic carbocycles. The normalized spacial score (nSPS) is 16.6. The first-order valence-electron chi connectivity index (χ1n) is 13.6. The van der Waals surface area contributed by atoms with Gasteiger partial charge in [-0.15, -0.1) is 11.3 Å². The predicted octanol–water partition coefficient (Wildman–Crippen LogP) is 4.94. The van der Waals surface area contributed by atoms with Crippen LogP contribution in [0.25, 0.3) is 42.3 Å². The van der Waals surface area contributed by atoms with E-state index in [0.29, 0.717) is 62.9 Å². The third-order valence-electron chi connectivity index (χ3n) is 7.63. The van der Waals surface area contributed by atoms with Gasteiger partial charge in [0.05, 0.1) is 44.0 Å². The number of carbonyl (C=O) groups excluding carboxylic acids is 1. The zero-order valence-corrected chi connectivity index (χ0v) is 22.8. The summed E-state index contributed by atoms with van der Waals surface area (Å²) in [7, 11) is 0. The van der Waals surface area contributed by atoms with Crippen LogP contribution in [0.1, 0.15) is 0 Å². The number of amides is 1. The van der Waals surface area contributed by atoms with E-state index in [1.807, 2.05) is 42.5 Å². The Labute approximate surface area is 234 Å². The minimum absolute atomic E-state index is 0.0439. The van der Waals surface area contributed by atoms with E-state index in [0.717, 1.165) is 50.1 Å². The molecule has 0 atom stereocenters. The lowest BCUT2D eigenvalue weighted by Gasteiger charge is -2.27. The molecule has 40 heavy (non-hydrogen) atoms. The molecule has 2 fully saturated rings. The van der Waals surface area contributed by atoms with Crippen molar-refractivity contribution in [2.24, 2.45) is 0 Å². The molecular formula is C31H29N3O5S. The van der Waals surface area contributed by atoms with Gasteiger partial charge in [0.15, 0.2) is 11.3 Å². The summed E-state index contributed by atoms with van der Waals surface area (Å²) in [4.78, 5) is 30.4. The molecule has 2 saturated heterocycles. The van der Waals surface area contributed by atoms with Crippen LogP contribution in [-0.4, -0.2) is 70.0 Å². The first-order valence-corrected chi connectivity index (χ1v) is 14.4. The van der Waals surface area contributed by atoms with Crippen molar-refractivity contribution in [1.29, 1.82) is 0 Å². The maximum Gasteiger partial charge on any atom is 0.238 e. The van der Waals surface area contributed by atoms with Crippen molar-refractivity contribution in [3.63, 3.8) is 0 Å². The van der Waals surface area contributed by atoms with Crippen molar-refractivity contribution < 1.29 is 18.7 Å². The summed E-state index contributed by atoms with van der Waals surface area (Å²) in [6.07, 6.45) is 0. The van der Waals surface area contributed by atoms with Crippen LogP contribution in [0.3, 0.4) is 0 Å². The van der Waals surface area contributed by atoms with Gasteiger partial charge in [0.2, 0.25) is 5.91 Å². The lowest BCUT2D eigenvalue weighted by molar-refractivity contribution is -0.118. The second kappa shape index (κ2) is 10.7. The molecule has 0 bridgehead atoms. The van der Waals surface area contributed by atoms with E-state index in [2.05, 4.69) is 27.2 Å². The summed E-state index contributed by atoms with van der Waals surface area (Å²) >= 11 is 1.68. The highest BCUT2D eigenvalue weighted by Crippen LogP contribution is 2.45. The Kier molecular flexibility index (Phi) is 6.73. The molecule has 9 heteroatoms. The number of morpholine rings is 2. The van der Waals surface area contributed by atoms with Crippen molar-refractivity contribution >= 4 is 60.0 Å². The van der Waals surface area contributed by atoms with Gasteiger partial charge in [0.1, 0.15) is 5.58 Å². The van der Waals surface area contributed by atoms with Gasteiger partial charge in [0.25, 0.3) is 0 Å². The molecule has 8 nitrogen and oxygen atoms in total. The fourth-order valence-corrected chi connectivity index (χ4v) is 6.87. The van der Waals surface area contributed by atoms with E-state index in [1.165, 1.54) is 0 Å². The SMILES string of the molecule is O=C(CN1CCOCC1)Nc1ccc(-c2cccc3c(=O)cc(N4CCOCC4)oc23)c2sc3ccccc3c12. The number of carbonyl (C=O) groups is 1. The largest absolute Gasteiger partial charge is 0.440 e. The molecule has 2 aliphatic rings. The quantitative estimate of drug-likeness (QED) is 0.329. The first kappa shape index (κ1) is 25.2. The van der Waals surface area contributed by atoms with Crippen LogP contribution in [0, 0.1) is 0 Å². The summed E-state index contributed by atoms with van der Waals surface area (Å²) in [6.45, 7) is 5.68. The number of hydrogen-bond donors (Lipinski definition) is 1. The molecule has 2 aromatic heterocycles. The van der Waals surface area contributed by atoms with Crippen LogP contribution in [0.15, 0.2) is 69.9 Å². The number of anilines is 2. The smallest absolute Gasteiger partial charge is 0.238 e. The van der Waals surface area contributed by atoms with Gasteiger partial charge in [-0.05, 0) is 18.2 Å². The fourth-order valence-electron chi connectivity index (χ4n) is 5.61. The molecule has 1 amide bonds. The van der Waals surface area contributed by atoms with Crippen LogP contribution < -0.4 is 15.6 Å². The number of rotatable bonds is 5. The zero-order chi connectivity index (χ0) is 27.1. The number of nitrogens with zero attached hydrogens (tertiary/aromatic N) is 2. The first-order chi connectivity index (χ1) is 19.7. The molecule has 204 valence electrons. The zero-order valence-electron chi connectivity index (χ0n) is 22.0. The minimum Gasteiger partial charge on any atom is -0.440 e. The lowest BCUT2D eigenvalue weighted by Crippen LogP contribution is -2.41. The number of nitrogens with one attached hydrogen (secondary N) is 1. The predicted molar refractivity (Wildman–Crippen MR) is 160 cm³/mol. The van der Waals surface area contributed by atoms with Crippen molar-refractivity contribution in [3.8, 4) is 11.1 Å². The third-order valence-corrected chi connectivity index (χ3v) is 8.83. The van der Waals surface area contributed by atoms with Crippen LogP contribution in [-0.2, 0) is 14.3 Å². The molecular weight excluding hydrogens is 526 g/mol. The van der Waals surface area contributed by atoms with Crippen LogP contribution in [0.5, 0.6) is 0 Å². The Morgan fingerprint density at radius 1 is 0.850 bits per heavy atom. The van der Waals surface area contributed by atoms with Crippen LogP contribution in [0.2, 0.25) is 0 Å². The molecule has 7 rings (SSSR count). The van der Waals surface area contributed by atoms with E-state index in [9.17, 15) is 9.59 Å². The standard InChI is InChI=1S/C31H29N3O5S/c35-25-18-28(34-12-16-38-17-13-34)39-30-20(5-3-6-22(25)30)21-8-9-24(32-27(36)19-33-10-14-37-15-11-33)29-23-4-1-2-7-26(23)40-31(21)29/h1-9,18H,10-17,19H2,(H,32,36). The van der Waals surface area contributed by atoms with Gasteiger partial charge < -0.3 is 24.1 Å². The molecule has 0 unspecified atom stereocenters. The molecule has 1 N–H and O–H groups in total. The Morgan fingerprint density at radius 3 is 2.42 bits per heavy atom. The minimum atomic E-state index is -0.0656. The Hall–Kier alpha value is -3.76. The van der Waals surface area contributed by atoms with Gasteiger partial charge in [-0.25, -0.2) is 0 Å². The molecule has 0 saturated carbocycles. The van der Waals surface area contributed by atoms with Gasteiger partial charge in [-0.3, -0.25) is 14.5 Å². The van der Waals surface area contributed by atoms with Crippen molar-refractivity contribution in [1.82, 2.24) is 4.90 Å². The van der Waals surface area contributed by atoms with Gasteiger partial charge in [0, 0.05) is 63.5 Å². The van der Waals surface area contributed by atoms with E-state index >= 15 is 0 Å². The maximum absolute atomic E-state index is 13.2. The highest BCUT2D eigenvalue weighted by Gasteiger charge is 2.21. The van der Waals surface area contributed by atoms with E-state index in [4.69, 9.17) is 13.9 Å². The molecule has 4 heterocycles. The maximum atomic E-state index is 13.2. The van der Waals surface area contributed by atoms with Gasteiger partial charge in [-0.2, -0.15) is 0 Å². The fraction of sp³-hybridized carbons (Fsp3) is 0.290. The molecule has 5 aromatic rings.